The molecule has 1 aliphatic rings. The van der Waals surface area contributed by atoms with Crippen molar-refractivity contribution in [1.29, 1.82) is 5.26 Å². The number of aryl methyl sites for hydroxylation is 1. The van der Waals surface area contributed by atoms with E-state index in [0.717, 1.165) is 6.07 Å². The van der Waals surface area contributed by atoms with Crippen LogP contribution in [0.3, 0.4) is 0 Å². The van der Waals surface area contributed by atoms with Crippen molar-refractivity contribution < 1.29 is 28.2 Å². The number of aliphatic hydroxyl groups is 2. The molecule has 4 N–H and O–H groups in total. The van der Waals surface area contributed by atoms with Crippen LogP contribution >= 0.6 is 23.2 Å². The number of nitrogens with zero attached hydrogens (tertiary/aromatic N) is 1. The zero-order chi connectivity index (χ0) is 30.8. The molecule has 11 heteroatoms. The van der Waals surface area contributed by atoms with Crippen LogP contribution in [0.4, 0.5) is 8.78 Å². The van der Waals surface area contributed by atoms with Crippen molar-refractivity contribution in [1.82, 2.24) is 10.6 Å². The summed E-state index contributed by atoms with van der Waals surface area (Å²) in [5.74, 6) is -2.11. The summed E-state index contributed by atoms with van der Waals surface area (Å²) in [5, 5.41) is 35.8. The van der Waals surface area contributed by atoms with E-state index in [1.54, 1.807) is 0 Å². The Bertz CT molecular complexity index is 1490. The molecule has 1 fully saturated rings. The van der Waals surface area contributed by atoms with Crippen molar-refractivity contribution in [2.75, 3.05) is 13.2 Å². The lowest BCUT2D eigenvalue weighted by Crippen LogP contribution is -2.47. The number of nitrogens with one attached hydrogen (secondary N) is 2. The average molecular weight is 621 g/mol. The van der Waals surface area contributed by atoms with E-state index in [4.69, 9.17) is 32.7 Å². The number of carbonyl (C=O) groups excluding carboxylic acids is 1. The third-order valence-corrected chi connectivity index (χ3v) is 8.55. The second-order valence-electron chi connectivity index (χ2n) is 11.3. The number of hydrogen-bond acceptors (Lipinski definition) is 6. The SMILES string of the molecule is Cc1ccc(C(C)(C)CC2NC(C(=O)NCC[C@H](O)CO)C(c3cccc(Cl)c3F)C2(C#N)c2ccc(Cl)cc2F)o1. The van der Waals surface area contributed by atoms with Crippen LogP contribution < -0.4 is 10.6 Å². The van der Waals surface area contributed by atoms with Gasteiger partial charge in [0.15, 0.2) is 0 Å². The van der Waals surface area contributed by atoms with E-state index in [0.29, 0.717) is 11.5 Å². The Hall–Kier alpha value is -3.00. The second kappa shape index (κ2) is 12.7. The molecule has 2 aromatic carbocycles. The number of hydrogen-bond donors (Lipinski definition) is 4. The van der Waals surface area contributed by atoms with Crippen molar-refractivity contribution in [3.63, 3.8) is 0 Å². The first kappa shape index (κ1) is 31.9. The predicted molar refractivity (Wildman–Crippen MR) is 155 cm³/mol. The van der Waals surface area contributed by atoms with Crippen LogP contribution in [0.5, 0.6) is 0 Å². The molecule has 4 unspecified atom stereocenters. The highest BCUT2D eigenvalue weighted by molar-refractivity contribution is 6.31. The normalized spacial score (nSPS) is 23.0. The van der Waals surface area contributed by atoms with Crippen molar-refractivity contribution >= 4 is 29.1 Å². The molecular weight excluding hydrogens is 587 g/mol. The number of benzene rings is 2. The summed E-state index contributed by atoms with van der Waals surface area (Å²) in [6, 6.07) is 12.1. The van der Waals surface area contributed by atoms with E-state index < -0.39 is 59.1 Å². The minimum atomic E-state index is -1.81. The fourth-order valence-corrected chi connectivity index (χ4v) is 6.26. The Morgan fingerprint density at radius 1 is 1.24 bits per heavy atom. The Kier molecular flexibility index (Phi) is 9.65. The summed E-state index contributed by atoms with van der Waals surface area (Å²) >= 11 is 12.3. The van der Waals surface area contributed by atoms with Gasteiger partial charge in [-0.15, -0.1) is 0 Å². The molecule has 4 rings (SSSR count). The first-order chi connectivity index (χ1) is 19.8. The zero-order valence-electron chi connectivity index (χ0n) is 23.4. The lowest BCUT2D eigenvalue weighted by atomic mass is 9.62. The number of halogens is 4. The van der Waals surface area contributed by atoms with E-state index in [-0.39, 0.29) is 40.6 Å². The molecule has 42 heavy (non-hydrogen) atoms. The average Bonchev–Trinajstić information content (AvgIpc) is 3.52. The number of nitriles is 1. The van der Waals surface area contributed by atoms with Crippen LogP contribution in [0.25, 0.3) is 0 Å². The molecule has 1 aromatic heterocycles. The summed E-state index contributed by atoms with van der Waals surface area (Å²) in [7, 11) is 0. The van der Waals surface area contributed by atoms with Gasteiger partial charge in [0.1, 0.15) is 28.6 Å². The number of carbonyl (C=O) groups is 1. The molecule has 0 aliphatic carbocycles. The van der Waals surface area contributed by atoms with Crippen LogP contribution in [0, 0.1) is 29.9 Å². The third-order valence-electron chi connectivity index (χ3n) is 8.02. The molecule has 7 nitrogen and oxygen atoms in total. The lowest BCUT2D eigenvalue weighted by molar-refractivity contribution is -0.123. The summed E-state index contributed by atoms with van der Waals surface area (Å²) in [5.41, 5.74) is -2.60. The van der Waals surface area contributed by atoms with Gasteiger partial charge in [0, 0.05) is 34.5 Å². The lowest BCUT2D eigenvalue weighted by Gasteiger charge is -2.38. The Balaban J connectivity index is 1.92. The molecule has 3 aromatic rings. The first-order valence-electron chi connectivity index (χ1n) is 13.6. The number of aliphatic hydroxyl groups excluding tert-OH is 2. The van der Waals surface area contributed by atoms with Crippen molar-refractivity contribution in [3.8, 4) is 6.07 Å². The van der Waals surface area contributed by atoms with E-state index in [2.05, 4.69) is 16.7 Å². The van der Waals surface area contributed by atoms with Gasteiger partial charge in [-0.2, -0.15) is 5.26 Å². The Morgan fingerprint density at radius 2 is 1.98 bits per heavy atom. The minimum Gasteiger partial charge on any atom is -0.466 e. The van der Waals surface area contributed by atoms with Crippen LogP contribution in [0.1, 0.15) is 55.3 Å². The molecule has 5 atom stereocenters. The predicted octanol–water partition coefficient (Wildman–Crippen LogP) is 5.29. The van der Waals surface area contributed by atoms with E-state index in [1.165, 1.54) is 30.3 Å². The monoisotopic (exact) mass is 619 g/mol. The van der Waals surface area contributed by atoms with Gasteiger partial charge in [-0.05, 0) is 55.7 Å². The van der Waals surface area contributed by atoms with Gasteiger partial charge in [-0.1, -0.05) is 55.2 Å². The summed E-state index contributed by atoms with van der Waals surface area (Å²) in [4.78, 5) is 13.7. The van der Waals surface area contributed by atoms with Crippen molar-refractivity contribution in [3.05, 3.63) is 92.9 Å². The molecule has 224 valence electrons. The van der Waals surface area contributed by atoms with Crippen LogP contribution in [-0.2, 0) is 15.6 Å². The van der Waals surface area contributed by atoms with E-state index >= 15 is 8.78 Å². The maximum absolute atomic E-state index is 15.8. The second-order valence-corrected chi connectivity index (χ2v) is 12.2. The van der Waals surface area contributed by atoms with Crippen molar-refractivity contribution in [2.45, 2.75) is 68.5 Å². The topological polar surface area (TPSA) is 119 Å². The fraction of sp³-hybridized carbons (Fsp3) is 0.419. The van der Waals surface area contributed by atoms with Gasteiger partial charge < -0.3 is 25.3 Å². The quantitative estimate of drug-likeness (QED) is 0.245. The molecule has 0 saturated carbocycles. The highest BCUT2D eigenvalue weighted by Gasteiger charge is 2.61. The fourth-order valence-electron chi connectivity index (χ4n) is 5.92. The number of amides is 1. The van der Waals surface area contributed by atoms with Crippen LogP contribution in [-0.4, -0.2) is 47.5 Å². The molecule has 0 bridgehead atoms. The number of rotatable bonds is 10. The molecular formula is C31H33Cl2F2N3O4. The largest absolute Gasteiger partial charge is 0.466 e. The van der Waals surface area contributed by atoms with Gasteiger partial charge in [-0.25, -0.2) is 8.78 Å². The molecule has 0 radical (unpaired) electrons. The van der Waals surface area contributed by atoms with Crippen LogP contribution in [0.2, 0.25) is 10.0 Å². The van der Waals surface area contributed by atoms with E-state index in [1.807, 2.05) is 32.9 Å². The van der Waals surface area contributed by atoms with Crippen LogP contribution in [0.15, 0.2) is 52.9 Å². The highest BCUT2D eigenvalue weighted by atomic mass is 35.5. The minimum absolute atomic E-state index is 0.000178. The summed E-state index contributed by atoms with van der Waals surface area (Å²) in [6.07, 6.45) is -0.787. The molecule has 2 heterocycles. The molecule has 0 spiro atoms. The molecule has 1 aliphatic heterocycles. The Labute approximate surface area is 253 Å². The standard InChI is InChI=1S/C31H33Cl2F2N3O4/c1-17-7-10-25(42-17)30(2,3)14-24-31(16-36,21-9-8-18(32)13-23(21)34)26(20-5-4-6-22(33)27(20)35)28(38-24)29(41)37-12-11-19(40)15-39/h4-10,13,19,24,26,28,38-40H,11-12,14-15H2,1-3H3,(H,37,41)/t19-,24?,26?,28?,31?/m0/s1. The van der Waals surface area contributed by atoms with Gasteiger partial charge in [0.25, 0.3) is 0 Å². The zero-order valence-corrected chi connectivity index (χ0v) is 24.9. The Morgan fingerprint density at radius 3 is 2.60 bits per heavy atom. The highest BCUT2D eigenvalue weighted by Crippen LogP contribution is 2.53. The maximum atomic E-state index is 15.8. The number of furan rings is 1. The molecule has 1 saturated heterocycles. The van der Waals surface area contributed by atoms with Crippen molar-refractivity contribution in [2.24, 2.45) is 0 Å². The summed E-state index contributed by atoms with van der Waals surface area (Å²) < 4.78 is 37.5. The third kappa shape index (κ3) is 6.05. The summed E-state index contributed by atoms with van der Waals surface area (Å²) in [6.45, 7) is 5.14. The van der Waals surface area contributed by atoms with E-state index in [9.17, 15) is 15.2 Å². The first-order valence-corrected chi connectivity index (χ1v) is 14.3. The van der Waals surface area contributed by atoms with Gasteiger partial charge in [-0.3, -0.25) is 4.79 Å². The van der Waals surface area contributed by atoms with Gasteiger partial charge in [0.05, 0.1) is 29.8 Å². The van der Waals surface area contributed by atoms with Gasteiger partial charge >= 0.3 is 0 Å². The smallest absolute Gasteiger partial charge is 0.237 e. The maximum Gasteiger partial charge on any atom is 0.237 e. The van der Waals surface area contributed by atoms with Gasteiger partial charge in [0.2, 0.25) is 5.91 Å². The molecule has 1 amide bonds.